The highest BCUT2D eigenvalue weighted by Crippen LogP contribution is 2.32. The molecule has 8 nitrogen and oxygen atoms in total. The molecule has 3 aromatic rings. The zero-order valence-electron chi connectivity index (χ0n) is 18.8. The molecule has 0 radical (unpaired) electrons. The van der Waals surface area contributed by atoms with Gasteiger partial charge in [-0.25, -0.2) is 8.42 Å². The Morgan fingerprint density at radius 3 is 2.64 bits per heavy atom. The molecule has 0 aliphatic carbocycles. The number of benzene rings is 2. The van der Waals surface area contributed by atoms with E-state index in [-0.39, 0.29) is 23.0 Å². The number of carbonyl (C=O) groups excluding carboxylic acids is 1. The van der Waals surface area contributed by atoms with Gasteiger partial charge in [0.1, 0.15) is 22.0 Å². The Morgan fingerprint density at radius 1 is 1.12 bits per heavy atom. The molecule has 0 spiro atoms. The van der Waals surface area contributed by atoms with E-state index in [1.807, 2.05) is 12.1 Å². The zero-order valence-corrected chi connectivity index (χ0v) is 19.6. The lowest BCUT2D eigenvalue weighted by Crippen LogP contribution is -2.35. The lowest BCUT2D eigenvalue weighted by Gasteiger charge is -2.27. The summed E-state index contributed by atoms with van der Waals surface area (Å²) < 4.78 is 44.4. The summed E-state index contributed by atoms with van der Waals surface area (Å²) in [4.78, 5) is 12.8. The number of hydrogen-bond donors (Lipinski definition) is 1. The van der Waals surface area contributed by atoms with Gasteiger partial charge in [0.25, 0.3) is 0 Å². The van der Waals surface area contributed by atoms with E-state index in [0.717, 1.165) is 30.2 Å². The number of anilines is 1. The Balaban J connectivity index is 1.55. The zero-order chi connectivity index (χ0) is 23.4. The molecule has 0 atom stereocenters. The number of piperidine rings is 1. The molecule has 1 amide bonds. The largest absolute Gasteiger partial charge is 0.497 e. The minimum Gasteiger partial charge on any atom is -0.497 e. The van der Waals surface area contributed by atoms with Gasteiger partial charge in [0.2, 0.25) is 15.9 Å². The van der Waals surface area contributed by atoms with Gasteiger partial charge in [-0.2, -0.15) is 4.31 Å². The second-order valence-corrected chi connectivity index (χ2v) is 9.81. The van der Waals surface area contributed by atoms with Gasteiger partial charge in [-0.05, 0) is 50.1 Å². The quantitative estimate of drug-likeness (QED) is 0.528. The topological polar surface area (TPSA) is 98.1 Å². The van der Waals surface area contributed by atoms with Gasteiger partial charge >= 0.3 is 0 Å². The maximum Gasteiger partial charge on any atom is 0.246 e. The van der Waals surface area contributed by atoms with Crippen LogP contribution in [0.5, 0.6) is 11.5 Å². The number of fused-ring (bicyclic) bond motifs is 1. The molecule has 1 saturated heterocycles. The summed E-state index contributed by atoms with van der Waals surface area (Å²) in [6, 6.07) is 10.1. The van der Waals surface area contributed by atoms with Gasteiger partial charge in [-0.15, -0.1) is 0 Å². The number of nitrogens with zero attached hydrogens (tertiary/aromatic N) is 1. The van der Waals surface area contributed by atoms with Gasteiger partial charge in [0.05, 0.1) is 26.4 Å². The van der Waals surface area contributed by atoms with E-state index in [1.165, 1.54) is 10.4 Å². The number of nitrogens with one attached hydrogen (secondary N) is 1. The Hall–Kier alpha value is -3.04. The van der Waals surface area contributed by atoms with Crippen LogP contribution in [-0.4, -0.2) is 45.4 Å². The fourth-order valence-corrected chi connectivity index (χ4v) is 5.69. The number of sulfonamides is 1. The van der Waals surface area contributed by atoms with Crippen molar-refractivity contribution in [2.24, 2.45) is 0 Å². The average molecular weight is 473 g/mol. The molecular formula is C24H28N2O6S. The van der Waals surface area contributed by atoms with Gasteiger partial charge in [0.15, 0.2) is 0 Å². The maximum absolute atomic E-state index is 13.3. The molecule has 1 aliphatic heterocycles. The summed E-state index contributed by atoms with van der Waals surface area (Å²) in [5.41, 5.74) is 1.76. The van der Waals surface area contributed by atoms with Crippen molar-refractivity contribution in [3.63, 3.8) is 0 Å². The minimum absolute atomic E-state index is 0.0740. The lowest BCUT2D eigenvalue weighted by molar-refractivity contribution is -0.115. The van der Waals surface area contributed by atoms with Crippen LogP contribution in [0.2, 0.25) is 0 Å². The SMILES string of the molecule is CCOc1ccc(NC(=O)Cc2coc3cc(OC)ccc23)cc1S(=O)(=O)N1CCCCC1. The van der Waals surface area contributed by atoms with Crippen molar-refractivity contribution >= 4 is 32.6 Å². The average Bonchev–Trinajstić information content (AvgIpc) is 3.22. The molecule has 1 fully saturated rings. The van der Waals surface area contributed by atoms with Crippen molar-refractivity contribution in [3.8, 4) is 11.5 Å². The van der Waals surface area contributed by atoms with Crippen molar-refractivity contribution in [1.29, 1.82) is 0 Å². The summed E-state index contributed by atoms with van der Waals surface area (Å²) in [7, 11) is -2.15. The Morgan fingerprint density at radius 2 is 1.91 bits per heavy atom. The van der Waals surface area contributed by atoms with E-state index in [1.54, 1.807) is 38.5 Å². The third-order valence-electron chi connectivity index (χ3n) is 5.67. The highest BCUT2D eigenvalue weighted by molar-refractivity contribution is 7.89. The molecule has 4 rings (SSSR count). The van der Waals surface area contributed by atoms with E-state index in [2.05, 4.69) is 5.32 Å². The molecule has 1 aliphatic rings. The highest BCUT2D eigenvalue weighted by Gasteiger charge is 2.29. The number of furan rings is 1. The smallest absolute Gasteiger partial charge is 0.246 e. The minimum atomic E-state index is -3.73. The predicted molar refractivity (Wildman–Crippen MR) is 125 cm³/mol. The number of rotatable bonds is 8. The van der Waals surface area contributed by atoms with Crippen molar-refractivity contribution in [2.45, 2.75) is 37.5 Å². The van der Waals surface area contributed by atoms with E-state index in [9.17, 15) is 13.2 Å². The normalized spacial score (nSPS) is 14.8. The summed E-state index contributed by atoms with van der Waals surface area (Å²) in [5.74, 6) is 0.680. The summed E-state index contributed by atoms with van der Waals surface area (Å²) in [5, 5.41) is 3.63. The molecule has 0 saturated carbocycles. The van der Waals surface area contributed by atoms with Crippen LogP contribution in [0.4, 0.5) is 5.69 Å². The third kappa shape index (κ3) is 4.99. The second kappa shape index (κ2) is 9.84. The number of methoxy groups -OCH3 is 1. The van der Waals surface area contributed by atoms with E-state index < -0.39 is 10.0 Å². The first kappa shape index (κ1) is 23.1. The van der Waals surface area contributed by atoms with Crippen LogP contribution >= 0.6 is 0 Å². The summed E-state index contributed by atoms with van der Waals surface area (Å²) in [6.45, 7) is 3.12. The summed E-state index contributed by atoms with van der Waals surface area (Å²) >= 11 is 0. The maximum atomic E-state index is 13.3. The summed E-state index contributed by atoms with van der Waals surface area (Å²) in [6.07, 6.45) is 4.33. The third-order valence-corrected chi connectivity index (χ3v) is 7.59. The van der Waals surface area contributed by atoms with Crippen molar-refractivity contribution in [3.05, 3.63) is 48.2 Å². The van der Waals surface area contributed by atoms with E-state index in [0.29, 0.717) is 36.7 Å². The molecule has 2 aromatic carbocycles. The fourth-order valence-electron chi connectivity index (χ4n) is 4.01. The molecule has 33 heavy (non-hydrogen) atoms. The lowest BCUT2D eigenvalue weighted by atomic mass is 10.1. The number of ether oxygens (including phenoxy) is 2. The predicted octanol–water partition coefficient (Wildman–Crippen LogP) is 4.20. The molecule has 176 valence electrons. The van der Waals surface area contributed by atoms with Crippen molar-refractivity contribution in [2.75, 3.05) is 32.1 Å². The first-order chi connectivity index (χ1) is 15.9. The molecule has 1 N–H and O–H groups in total. The molecule has 0 bridgehead atoms. The van der Waals surface area contributed by atoms with Crippen LogP contribution in [0.25, 0.3) is 11.0 Å². The fraction of sp³-hybridized carbons (Fsp3) is 0.375. The number of amides is 1. The van der Waals surface area contributed by atoms with Gasteiger partial charge in [-0.1, -0.05) is 6.42 Å². The number of carbonyl (C=O) groups is 1. The Kier molecular flexibility index (Phi) is 6.90. The van der Waals surface area contributed by atoms with Crippen LogP contribution in [0, 0.1) is 0 Å². The molecule has 0 unspecified atom stereocenters. The Labute approximate surface area is 193 Å². The van der Waals surface area contributed by atoms with E-state index >= 15 is 0 Å². The molecular weight excluding hydrogens is 444 g/mol. The van der Waals surface area contributed by atoms with Crippen LogP contribution in [0.3, 0.4) is 0 Å². The van der Waals surface area contributed by atoms with E-state index in [4.69, 9.17) is 13.9 Å². The molecule has 2 heterocycles. The standard InChI is InChI=1S/C24H28N2O6S/c1-3-31-21-10-7-18(14-23(21)33(28,29)26-11-5-4-6-12-26)25-24(27)13-17-16-32-22-15-19(30-2)8-9-20(17)22/h7-10,14-16H,3-6,11-13H2,1-2H3,(H,25,27). The highest BCUT2D eigenvalue weighted by atomic mass is 32.2. The molecule has 9 heteroatoms. The molecule has 1 aromatic heterocycles. The first-order valence-corrected chi connectivity index (χ1v) is 12.5. The van der Waals surface area contributed by atoms with Crippen molar-refractivity contribution in [1.82, 2.24) is 4.31 Å². The van der Waals surface area contributed by atoms with Crippen LogP contribution in [-0.2, 0) is 21.2 Å². The second-order valence-electron chi connectivity index (χ2n) is 7.91. The van der Waals surface area contributed by atoms with Crippen LogP contribution in [0.1, 0.15) is 31.7 Å². The van der Waals surface area contributed by atoms with Crippen LogP contribution in [0.15, 0.2) is 52.0 Å². The monoisotopic (exact) mass is 472 g/mol. The first-order valence-electron chi connectivity index (χ1n) is 11.0. The van der Waals surface area contributed by atoms with Crippen molar-refractivity contribution < 1.29 is 27.1 Å². The number of hydrogen-bond acceptors (Lipinski definition) is 6. The Bertz CT molecular complexity index is 1250. The van der Waals surface area contributed by atoms with Gasteiger partial charge in [0, 0.05) is 35.8 Å². The van der Waals surface area contributed by atoms with Gasteiger partial charge < -0.3 is 19.2 Å². The van der Waals surface area contributed by atoms with Crippen LogP contribution < -0.4 is 14.8 Å². The van der Waals surface area contributed by atoms with Gasteiger partial charge in [-0.3, -0.25) is 4.79 Å².